The van der Waals surface area contributed by atoms with E-state index in [-0.39, 0.29) is 17.7 Å². The zero-order valence-corrected chi connectivity index (χ0v) is 11.9. The minimum atomic E-state index is -0.321. The van der Waals surface area contributed by atoms with Gasteiger partial charge in [0.05, 0.1) is 6.10 Å². The lowest BCUT2D eigenvalue weighted by atomic mass is 9.96. The maximum absolute atomic E-state index is 12.8. The molecule has 0 aliphatic carbocycles. The molecule has 0 saturated carbocycles. The number of rotatable bonds is 5. The Hall–Kier alpha value is -1.26. The lowest BCUT2D eigenvalue weighted by Crippen LogP contribution is -2.43. The molecule has 1 heterocycles. The van der Waals surface area contributed by atoms with E-state index in [9.17, 15) is 14.3 Å². The first-order valence-corrected chi connectivity index (χ1v) is 7.25. The molecule has 110 valence electrons. The van der Waals surface area contributed by atoms with E-state index in [1.54, 1.807) is 0 Å². The molecule has 0 amide bonds. The average molecular weight is 279 g/mol. The predicted octanol–water partition coefficient (Wildman–Crippen LogP) is 2.49. The topological polar surface area (TPSA) is 40.5 Å². The second-order valence-corrected chi connectivity index (χ2v) is 5.67. The van der Waals surface area contributed by atoms with Gasteiger partial charge in [-0.2, -0.15) is 0 Å². The first kappa shape index (κ1) is 15.1. The standard InChI is InChI=1S/C16H22FNO2/c1-12-8-10-18(11-16(12)20)9-2-3-15(19)13-4-6-14(17)7-5-13/h4-7,12,16,20H,2-3,8-11H2,1H3. The van der Waals surface area contributed by atoms with Crippen LogP contribution in [0, 0.1) is 11.7 Å². The van der Waals surface area contributed by atoms with Crippen molar-refractivity contribution in [3.63, 3.8) is 0 Å². The number of nitrogens with zero attached hydrogens (tertiary/aromatic N) is 1. The van der Waals surface area contributed by atoms with Crippen LogP contribution >= 0.6 is 0 Å². The number of piperidine rings is 1. The number of benzene rings is 1. The second-order valence-electron chi connectivity index (χ2n) is 5.67. The van der Waals surface area contributed by atoms with Crippen LogP contribution in [0.25, 0.3) is 0 Å². The van der Waals surface area contributed by atoms with Gasteiger partial charge in [-0.3, -0.25) is 4.79 Å². The Morgan fingerprint density at radius 1 is 1.40 bits per heavy atom. The number of carbonyl (C=O) groups excluding carboxylic acids is 1. The van der Waals surface area contributed by atoms with Gasteiger partial charge in [0.15, 0.2) is 5.78 Å². The lowest BCUT2D eigenvalue weighted by molar-refractivity contribution is 0.0287. The minimum absolute atomic E-state index is 0.0518. The zero-order valence-electron chi connectivity index (χ0n) is 11.9. The molecule has 0 spiro atoms. The molecular formula is C16H22FNO2. The molecule has 1 aliphatic rings. The SMILES string of the molecule is CC1CCN(CCCC(=O)c2ccc(F)cc2)CC1O. The molecule has 4 heteroatoms. The Bertz CT molecular complexity index is 446. The summed E-state index contributed by atoms with van der Waals surface area (Å²) in [6.45, 7) is 4.59. The van der Waals surface area contributed by atoms with Crippen LogP contribution in [0.5, 0.6) is 0 Å². The second kappa shape index (κ2) is 6.95. The van der Waals surface area contributed by atoms with Gasteiger partial charge in [-0.15, -0.1) is 0 Å². The summed E-state index contributed by atoms with van der Waals surface area (Å²) in [5.74, 6) is 0.0981. The maximum atomic E-state index is 12.8. The Kier molecular flexibility index (Phi) is 5.26. The largest absolute Gasteiger partial charge is 0.392 e. The number of hydrogen-bond donors (Lipinski definition) is 1. The fourth-order valence-corrected chi connectivity index (χ4v) is 2.56. The summed E-state index contributed by atoms with van der Waals surface area (Å²) in [5.41, 5.74) is 0.568. The number of aliphatic hydroxyl groups is 1. The van der Waals surface area contributed by atoms with Crippen LogP contribution in [-0.4, -0.2) is 41.5 Å². The van der Waals surface area contributed by atoms with E-state index in [1.807, 2.05) is 0 Å². The molecule has 2 rings (SSSR count). The van der Waals surface area contributed by atoms with E-state index in [0.717, 1.165) is 25.9 Å². The van der Waals surface area contributed by atoms with Crippen LogP contribution < -0.4 is 0 Å². The van der Waals surface area contributed by atoms with Crippen molar-refractivity contribution in [2.45, 2.75) is 32.3 Å². The van der Waals surface area contributed by atoms with Crippen molar-refractivity contribution in [1.29, 1.82) is 0 Å². The van der Waals surface area contributed by atoms with Crippen molar-refractivity contribution in [3.05, 3.63) is 35.6 Å². The number of hydrogen-bond acceptors (Lipinski definition) is 3. The van der Waals surface area contributed by atoms with Gasteiger partial charge in [0.1, 0.15) is 5.82 Å². The van der Waals surface area contributed by atoms with Crippen molar-refractivity contribution in [3.8, 4) is 0 Å². The first-order valence-electron chi connectivity index (χ1n) is 7.25. The van der Waals surface area contributed by atoms with Crippen LogP contribution in [0.3, 0.4) is 0 Å². The highest BCUT2D eigenvalue weighted by Gasteiger charge is 2.23. The quantitative estimate of drug-likeness (QED) is 0.842. The molecule has 2 atom stereocenters. The minimum Gasteiger partial charge on any atom is -0.392 e. The third-order valence-corrected chi connectivity index (χ3v) is 4.05. The fourth-order valence-electron chi connectivity index (χ4n) is 2.56. The molecule has 1 fully saturated rings. The van der Waals surface area contributed by atoms with Crippen molar-refractivity contribution in [2.75, 3.05) is 19.6 Å². The molecule has 1 aromatic carbocycles. The number of halogens is 1. The van der Waals surface area contributed by atoms with Crippen LogP contribution in [0.4, 0.5) is 4.39 Å². The van der Waals surface area contributed by atoms with Crippen LogP contribution in [0.1, 0.15) is 36.5 Å². The van der Waals surface area contributed by atoms with Gasteiger partial charge in [0.25, 0.3) is 0 Å². The molecule has 0 radical (unpaired) electrons. The van der Waals surface area contributed by atoms with Gasteiger partial charge in [-0.05, 0) is 56.1 Å². The van der Waals surface area contributed by atoms with E-state index < -0.39 is 0 Å². The van der Waals surface area contributed by atoms with E-state index in [1.165, 1.54) is 24.3 Å². The van der Waals surface area contributed by atoms with Gasteiger partial charge in [-0.25, -0.2) is 4.39 Å². The van der Waals surface area contributed by atoms with Crippen LogP contribution in [0.2, 0.25) is 0 Å². The van der Waals surface area contributed by atoms with Crippen molar-refractivity contribution in [2.24, 2.45) is 5.92 Å². The molecule has 3 nitrogen and oxygen atoms in total. The summed E-state index contributed by atoms with van der Waals surface area (Å²) in [6, 6.07) is 5.69. The summed E-state index contributed by atoms with van der Waals surface area (Å²) < 4.78 is 12.8. The average Bonchev–Trinajstić information content (AvgIpc) is 2.43. The third-order valence-electron chi connectivity index (χ3n) is 4.05. The smallest absolute Gasteiger partial charge is 0.162 e. The molecule has 20 heavy (non-hydrogen) atoms. The molecule has 1 aromatic rings. The highest BCUT2D eigenvalue weighted by molar-refractivity contribution is 5.95. The summed E-state index contributed by atoms with van der Waals surface area (Å²) in [6.07, 6.45) is 1.99. The van der Waals surface area contributed by atoms with Gasteiger partial charge in [-0.1, -0.05) is 6.92 Å². The number of carbonyl (C=O) groups is 1. The fraction of sp³-hybridized carbons (Fsp3) is 0.562. The molecule has 2 unspecified atom stereocenters. The molecule has 1 saturated heterocycles. The first-order chi connectivity index (χ1) is 9.56. The predicted molar refractivity (Wildman–Crippen MR) is 76.2 cm³/mol. The van der Waals surface area contributed by atoms with Gasteiger partial charge in [0, 0.05) is 18.5 Å². The van der Waals surface area contributed by atoms with Crippen LogP contribution in [-0.2, 0) is 0 Å². The lowest BCUT2D eigenvalue weighted by Gasteiger charge is -2.34. The monoisotopic (exact) mass is 279 g/mol. The summed E-state index contributed by atoms with van der Waals surface area (Å²) >= 11 is 0. The zero-order chi connectivity index (χ0) is 14.5. The highest BCUT2D eigenvalue weighted by atomic mass is 19.1. The maximum Gasteiger partial charge on any atom is 0.162 e. The Morgan fingerprint density at radius 2 is 2.10 bits per heavy atom. The third kappa shape index (κ3) is 4.12. The van der Waals surface area contributed by atoms with E-state index in [4.69, 9.17) is 0 Å². The summed E-state index contributed by atoms with van der Waals surface area (Å²) in [4.78, 5) is 14.1. The Labute approximate surface area is 119 Å². The summed E-state index contributed by atoms with van der Waals surface area (Å²) in [5, 5.41) is 9.82. The molecule has 0 aromatic heterocycles. The normalized spacial score (nSPS) is 23.8. The number of ketones is 1. The number of Topliss-reactive ketones (excluding diaryl/α,β-unsaturated/α-hetero) is 1. The number of likely N-dealkylation sites (tertiary alicyclic amines) is 1. The van der Waals surface area contributed by atoms with Crippen molar-refractivity contribution < 1.29 is 14.3 Å². The molecule has 1 aliphatic heterocycles. The number of aliphatic hydroxyl groups excluding tert-OH is 1. The van der Waals surface area contributed by atoms with Gasteiger partial charge >= 0.3 is 0 Å². The van der Waals surface area contributed by atoms with Gasteiger partial charge < -0.3 is 10.0 Å². The molecule has 0 bridgehead atoms. The van der Waals surface area contributed by atoms with Crippen molar-refractivity contribution in [1.82, 2.24) is 4.90 Å². The Balaban J connectivity index is 1.73. The number of β-amino-alcohol motifs (C(OH)–C–C–N with tert-alkyl or cyclic N) is 1. The highest BCUT2D eigenvalue weighted by Crippen LogP contribution is 2.17. The van der Waals surface area contributed by atoms with E-state index in [0.29, 0.717) is 24.4 Å². The van der Waals surface area contributed by atoms with Crippen LogP contribution in [0.15, 0.2) is 24.3 Å². The molecule has 1 N–H and O–H groups in total. The molecular weight excluding hydrogens is 257 g/mol. The van der Waals surface area contributed by atoms with Crippen molar-refractivity contribution >= 4 is 5.78 Å². The van der Waals surface area contributed by atoms with Gasteiger partial charge in [0.2, 0.25) is 0 Å². The Morgan fingerprint density at radius 3 is 2.75 bits per heavy atom. The van der Waals surface area contributed by atoms with E-state index in [2.05, 4.69) is 11.8 Å². The summed E-state index contributed by atoms with van der Waals surface area (Å²) in [7, 11) is 0. The van der Waals surface area contributed by atoms with E-state index >= 15 is 0 Å².